The fraction of sp³-hybridized carbons (Fsp3) is 0.929. The van der Waals surface area contributed by atoms with E-state index in [2.05, 4.69) is 6.92 Å². The summed E-state index contributed by atoms with van der Waals surface area (Å²) in [7, 11) is 0. The monoisotopic (exact) mass is 259 g/mol. The van der Waals surface area contributed by atoms with Crippen LogP contribution in [0.5, 0.6) is 0 Å². The zero-order valence-corrected chi connectivity index (χ0v) is 12.2. The highest BCUT2D eigenvalue weighted by molar-refractivity contribution is 5.79. The summed E-state index contributed by atoms with van der Waals surface area (Å²) in [5.74, 6) is -0.311. The second kappa shape index (κ2) is 10.3. The first kappa shape index (κ1) is 17.4. The lowest BCUT2D eigenvalue weighted by Gasteiger charge is -2.21. The van der Waals surface area contributed by atoms with Gasteiger partial charge >= 0.3 is 5.97 Å². The molecule has 0 bridgehead atoms. The van der Waals surface area contributed by atoms with Crippen molar-refractivity contribution >= 4 is 5.97 Å². The third-order valence-electron chi connectivity index (χ3n) is 2.87. The minimum absolute atomic E-state index is 0.311. The van der Waals surface area contributed by atoms with E-state index >= 15 is 0 Å². The Bertz CT molecular complexity index is 217. The van der Waals surface area contributed by atoms with E-state index in [9.17, 15) is 4.79 Å². The maximum absolute atomic E-state index is 11.5. The first-order chi connectivity index (χ1) is 8.54. The van der Waals surface area contributed by atoms with Crippen LogP contribution in [0.4, 0.5) is 0 Å². The molecule has 108 valence electrons. The molecule has 18 heavy (non-hydrogen) atoms. The molecule has 0 aromatic rings. The SMILES string of the molecule is CCCCCOCCCCC(C)(N)C(=O)OCC. The zero-order chi connectivity index (χ0) is 13.9. The molecule has 0 saturated heterocycles. The average molecular weight is 259 g/mol. The van der Waals surface area contributed by atoms with Gasteiger partial charge in [-0.25, -0.2) is 0 Å². The molecule has 0 amide bonds. The molecule has 0 aliphatic carbocycles. The van der Waals surface area contributed by atoms with Crippen molar-refractivity contribution in [2.45, 2.75) is 64.8 Å². The predicted molar refractivity (Wildman–Crippen MR) is 73.4 cm³/mol. The smallest absolute Gasteiger partial charge is 0.325 e. The summed E-state index contributed by atoms with van der Waals surface area (Å²) in [5.41, 5.74) is 5.05. The van der Waals surface area contributed by atoms with Gasteiger partial charge in [-0.15, -0.1) is 0 Å². The number of hydrogen-bond donors (Lipinski definition) is 1. The zero-order valence-electron chi connectivity index (χ0n) is 12.2. The van der Waals surface area contributed by atoms with Crippen LogP contribution in [0.2, 0.25) is 0 Å². The number of unbranched alkanes of at least 4 members (excludes halogenated alkanes) is 3. The van der Waals surface area contributed by atoms with E-state index in [0.29, 0.717) is 13.0 Å². The second-order valence-electron chi connectivity index (χ2n) is 4.91. The highest BCUT2D eigenvalue weighted by Gasteiger charge is 2.28. The van der Waals surface area contributed by atoms with E-state index < -0.39 is 5.54 Å². The van der Waals surface area contributed by atoms with Crippen molar-refractivity contribution in [3.05, 3.63) is 0 Å². The van der Waals surface area contributed by atoms with Gasteiger partial charge in [-0.2, -0.15) is 0 Å². The first-order valence-electron chi connectivity index (χ1n) is 7.08. The molecule has 0 rings (SSSR count). The number of rotatable bonds is 11. The number of ether oxygens (including phenoxy) is 2. The number of esters is 1. The van der Waals surface area contributed by atoms with Crippen LogP contribution in [0.15, 0.2) is 0 Å². The normalized spacial score (nSPS) is 14.2. The topological polar surface area (TPSA) is 61.5 Å². The second-order valence-corrected chi connectivity index (χ2v) is 4.91. The standard InChI is InChI=1S/C14H29NO3/c1-4-6-8-11-17-12-9-7-10-14(3,15)13(16)18-5-2/h4-12,15H2,1-3H3. The Hall–Kier alpha value is -0.610. The predicted octanol–water partition coefficient (Wildman–Crippen LogP) is 2.64. The van der Waals surface area contributed by atoms with E-state index in [4.69, 9.17) is 15.2 Å². The molecule has 4 nitrogen and oxygen atoms in total. The summed E-state index contributed by atoms with van der Waals surface area (Å²) < 4.78 is 10.4. The molecule has 1 unspecified atom stereocenters. The molecule has 0 aromatic carbocycles. The molecule has 0 radical (unpaired) electrons. The molecular formula is C14H29NO3. The third-order valence-corrected chi connectivity index (χ3v) is 2.87. The van der Waals surface area contributed by atoms with Crippen molar-refractivity contribution in [2.24, 2.45) is 5.73 Å². The molecule has 0 aromatic heterocycles. The molecule has 0 heterocycles. The Morgan fingerprint density at radius 2 is 1.72 bits per heavy atom. The highest BCUT2D eigenvalue weighted by atomic mass is 16.5. The Labute approximate surface area is 111 Å². The summed E-state index contributed by atoms with van der Waals surface area (Å²) in [6.45, 7) is 7.67. The largest absolute Gasteiger partial charge is 0.465 e. The lowest BCUT2D eigenvalue weighted by Crippen LogP contribution is -2.46. The van der Waals surface area contributed by atoms with E-state index in [1.165, 1.54) is 12.8 Å². The lowest BCUT2D eigenvalue weighted by molar-refractivity contribution is -0.149. The number of carbonyl (C=O) groups excluding carboxylic acids is 1. The van der Waals surface area contributed by atoms with Crippen LogP contribution in [0, 0.1) is 0 Å². The summed E-state index contributed by atoms with van der Waals surface area (Å²) in [4.78, 5) is 11.5. The first-order valence-corrected chi connectivity index (χ1v) is 7.08. The summed E-state index contributed by atoms with van der Waals surface area (Å²) >= 11 is 0. The van der Waals surface area contributed by atoms with Crippen LogP contribution in [-0.4, -0.2) is 31.3 Å². The maximum atomic E-state index is 11.5. The van der Waals surface area contributed by atoms with Crippen molar-refractivity contribution in [3.8, 4) is 0 Å². The van der Waals surface area contributed by atoms with Crippen LogP contribution in [0.3, 0.4) is 0 Å². The molecule has 0 aliphatic rings. The van der Waals surface area contributed by atoms with Crippen LogP contribution in [0.25, 0.3) is 0 Å². The van der Waals surface area contributed by atoms with Gasteiger partial charge in [0.2, 0.25) is 0 Å². The number of carbonyl (C=O) groups is 1. The van der Waals surface area contributed by atoms with Crippen molar-refractivity contribution < 1.29 is 14.3 Å². The van der Waals surface area contributed by atoms with Gasteiger partial charge < -0.3 is 15.2 Å². The van der Waals surface area contributed by atoms with Gasteiger partial charge in [-0.1, -0.05) is 19.8 Å². The summed E-state index contributed by atoms with van der Waals surface area (Å²) in [6, 6.07) is 0. The molecular weight excluding hydrogens is 230 g/mol. The van der Waals surface area contributed by atoms with Crippen LogP contribution in [-0.2, 0) is 14.3 Å². The van der Waals surface area contributed by atoms with E-state index in [-0.39, 0.29) is 5.97 Å². The number of nitrogens with two attached hydrogens (primary N) is 1. The minimum atomic E-state index is -0.863. The molecule has 2 N–H and O–H groups in total. The van der Waals surface area contributed by atoms with Gasteiger partial charge in [-0.05, 0) is 39.5 Å². The molecule has 0 saturated carbocycles. The van der Waals surface area contributed by atoms with Crippen molar-refractivity contribution in [1.29, 1.82) is 0 Å². The van der Waals surface area contributed by atoms with Crippen molar-refractivity contribution in [2.75, 3.05) is 19.8 Å². The van der Waals surface area contributed by atoms with Gasteiger partial charge in [0.15, 0.2) is 0 Å². The van der Waals surface area contributed by atoms with Crippen molar-refractivity contribution in [1.82, 2.24) is 0 Å². The Morgan fingerprint density at radius 1 is 1.11 bits per heavy atom. The van der Waals surface area contributed by atoms with E-state index in [1.807, 2.05) is 0 Å². The minimum Gasteiger partial charge on any atom is -0.465 e. The summed E-state index contributed by atoms with van der Waals surface area (Å²) in [5, 5.41) is 0. The summed E-state index contributed by atoms with van der Waals surface area (Å²) in [6.07, 6.45) is 6.05. The van der Waals surface area contributed by atoms with Gasteiger partial charge in [0, 0.05) is 13.2 Å². The van der Waals surface area contributed by atoms with Crippen molar-refractivity contribution in [3.63, 3.8) is 0 Å². The molecule has 0 fully saturated rings. The Morgan fingerprint density at radius 3 is 2.28 bits per heavy atom. The molecule has 4 heteroatoms. The fourth-order valence-corrected chi connectivity index (χ4v) is 1.65. The lowest BCUT2D eigenvalue weighted by atomic mass is 9.96. The van der Waals surface area contributed by atoms with Gasteiger partial charge in [0.05, 0.1) is 6.61 Å². The highest BCUT2D eigenvalue weighted by Crippen LogP contribution is 2.12. The van der Waals surface area contributed by atoms with E-state index in [1.54, 1.807) is 13.8 Å². The van der Waals surface area contributed by atoms with Crippen LogP contribution in [0.1, 0.15) is 59.3 Å². The Kier molecular flexibility index (Phi) is 9.98. The fourth-order valence-electron chi connectivity index (χ4n) is 1.65. The molecule has 0 aliphatic heterocycles. The van der Waals surface area contributed by atoms with Crippen LogP contribution >= 0.6 is 0 Å². The third kappa shape index (κ3) is 8.48. The average Bonchev–Trinajstić information content (AvgIpc) is 2.33. The van der Waals surface area contributed by atoms with Crippen LogP contribution < -0.4 is 5.73 Å². The van der Waals surface area contributed by atoms with Gasteiger partial charge in [0.25, 0.3) is 0 Å². The Balaban J connectivity index is 3.49. The van der Waals surface area contributed by atoms with Gasteiger partial charge in [0.1, 0.15) is 5.54 Å². The van der Waals surface area contributed by atoms with Gasteiger partial charge in [-0.3, -0.25) is 4.79 Å². The number of hydrogen-bond acceptors (Lipinski definition) is 4. The maximum Gasteiger partial charge on any atom is 0.325 e. The quantitative estimate of drug-likeness (QED) is 0.458. The molecule has 1 atom stereocenters. The molecule has 0 spiro atoms. The van der Waals surface area contributed by atoms with E-state index in [0.717, 1.165) is 32.5 Å².